The molecule has 1 amide bonds. The zero-order valence-electron chi connectivity index (χ0n) is 8.43. The molecule has 6 nitrogen and oxygen atoms in total. The van der Waals surface area contributed by atoms with E-state index in [1.807, 2.05) is 0 Å². The van der Waals surface area contributed by atoms with Crippen molar-refractivity contribution in [2.45, 2.75) is 6.42 Å². The normalized spacial score (nSPS) is 20.5. The Bertz CT molecular complexity index is 406. The summed E-state index contributed by atoms with van der Waals surface area (Å²) in [6.45, 7) is 0.415. The molecule has 0 spiro atoms. The number of nitrogens with two attached hydrogens (primary N) is 1. The smallest absolute Gasteiger partial charge is 0.228 e. The molecule has 1 aromatic rings. The summed E-state index contributed by atoms with van der Waals surface area (Å²) in [6.07, 6.45) is 0.317. The maximum Gasteiger partial charge on any atom is 0.228 e. The zero-order valence-corrected chi connectivity index (χ0v) is 9.18. The Morgan fingerprint density at radius 3 is 2.94 bits per heavy atom. The number of carbonyl (C=O) groups is 1. The van der Waals surface area contributed by atoms with Gasteiger partial charge in [0.2, 0.25) is 11.9 Å². The molecular formula is C9H11ClN4O2. The van der Waals surface area contributed by atoms with Crippen LogP contribution in [-0.4, -0.2) is 34.1 Å². The molecule has 2 heterocycles. The first-order chi connectivity index (χ1) is 7.60. The van der Waals surface area contributed by atoms with Gasteiger partial charge in [0.1, 0.15) is 11.0 Å². The number of amides is 1. The number of rotatable bonds is 2. The molecular weight excluding hydrogens is 232 g/mol. The van der Waals surface area contributed by atoms with Gasteiger partial charge in [-0.05, 0) is 0 Å². The molecule has 1 saturated heterocycles. The average molecular weight is 243 g/mol. The number of aliphatic hydroxyl groups excluding tert-OH is 1. The third-order valence-corrected chi connectivity index (χ3v) is 2.63. The third-order valence-electron chi connectivity index (χ3n) is 2.44. The van der Waals surface area contributed by atoms with Crippen LogP contribution in [0.4, 0.5) is 11.8 Å². The quantitative estimate of drug-likeness (QED) is 0.716. The summed E-state index contributed by atoms with van der Waals surface area (Å²) in [6, 6.07) is 1.48. The lowest BCUT2D eigenvalue weighted by molar-refractivity contribution is -0.117. The number of hydrogen-bond acceptors (Lipinski definition) is 5. The van der Waals surface area contributed by atoms with Gasteiger partial charge in [0.25, 0.3) is 0 Å². The van der Waals surface area contributed by atoms with Crippen molar-refractivity contribution >= 4 is 29.3 Å². The largest absolute Gasteiger partial charge is 0.396 e. The first-order valence-electron chi connectivity index (χ1n) is 4.81. The second-order valence-corrected chi connectivity index (χ2v) is 4.05. The standard InChI is InChI=1S/C9H11ClN4O2/c10-6-2-7(13-9(11)12-6)14-3-5(4-15)1-8(14)16/h2,5,15H,1,3-4H2,(H2,11,12,13). The third kappa shape index (κ3) is 2.07. The molecule has 0 aliphatic carbocycles. The van der Waals surface area contributed by atoms with E-state index in [2.05, 4.69) is 9.97 Å². The Labute approximate surface area is 97.0 Å². The Balaban J connectivity index is 2.27. The van der Waals surface area contributed by atoms with Gasteiger partial charge < -0.3 is 10.8 Å². The second kappa shape index (κ2) is 4.23. The Kier molecular flexibility index (Phi) is 2.93. The highest BCUT2D eigenvalue weighted by Crippen LogP contribution is 2.25. The highest BCUT2D eigenvalue weighted by molar-refractivity contribution is 6.29. The lowest BCUT2D eigenvalue weighted by Gasteiger charge is -2.15. The van der Waals surface area contributed by atoms with E-state index >= 15 is 0 Å². The minimum Gasteiger partial charge on any atom is -0.396 e. The second-order valence-electron chi connectivity index (χ2n) is 3.66. The topological polar surface area (TPSA) is 92.3 Å². The fourth-order valence-electron chi connectivity index (χ4n) is 1.69. The van der Waals surface area contributed by atoms with Crippen LogP contribution in [0.5, 0.6) is 0 Å². The molecule has 0 radical (unpaired) electrons. The van der Waals surface area contributed by atoms with Gasteiger partial charge in [0.15, 0.2) is 0 Å². The summed E-state index contributed by atoms with van der Waals surface area (Å²) < 4.78 is 0. The van der Waals surface area contributed by atoms with Gasteiger partial charge in [-0.1, -0.05) is 11.6 Å². The van der Waals surface area contributed by atoms with E-state index in [-0.39, 0.29) is 29.5 Å². The van der Waals surface area contributed by atoms with Crippen molar-refractivity contribution in [1.82, 2.24) is 9.97 Å². The van der Waals surface area contributed by atoms with E-state index in [1.54, 1.807) is 0 Å². The molecule has 0 saturated carbocycles. The molecule has 16 heavy (non-hydrogen) atoms. The number of carbonyl (C=O) groups excluding carboxylic acids is 1. The van der Waals surface area contributed by atoms with E-state index in [1.165, 1.54) is 11.0 Å². The molecule has 1 aliphatic rings. The van der Waals surface area contributed by atoms with Crippen LogP contribution >= 0.6 is 11.6 Å². The Hall–Kier alpha value is -1.40. The van der Waals surface area contributed by atoms with Crippen LogP contribution in [0.2, 0.25) is 5.15 Å². The highest BCUT2D eigenvalue weighted by atomic mass is 35.5. The van der Waals surface area contributed by atoms with Crippen molar-refractivity contribution in [2.24, 2.45) is 5.92 Å². The summed E-state index contributed by atoms with van der Waals surface area (Å²) in [7, 11) is 0. The number of anilines is 2. The van der Waals surface area contributed by atoms with E-state index in [9.17, 15) is 4.79 Å². The summed E-state index contributed by atoms with van der Waals surface area (Å²) in [5.41, 5.74) is 5.45. The Morgan fingerprint density at radius 2 is 2.38 bits per heavy atom. The molecule has 1 aromatic heterocycles. The van der Waals surface area contributed by atoms with Gasteiger partial charge in [-0.15, -0.1) is 0 Å². The minimum atomic E-state index is -0.0896. The monoisotopic (exact) mass is 242 g/mol. The summed E-state index contributed by atoms with van der Waals surface area (Å²) in [4.78, 5) is 20.8. The number of halogens is 1. The minimum absolute atomic E-state index is 0.0173. The average Bonchev–Trinajstić information content (AvgIpc) is 2.58. The van der Waals surface area contributed by atoms with Gasteiger partial charge in [0.05, 0.1) is 0 Å². The van der Waals surface area contributed by atoms with E-state index in [4.69, 9.17) is 22.4 Å². The Morgan fingerprint density at radius 1 is 1.62 bits per heavy atom. The van der Waals surface area contributed by atoms with Crippen LogP contribution in [0.3, 0.4) is 0 Å². The molecule has 86 valence electrons. The summed E-state index contributed by atoms with van der Waals surface area (Å²) in [5.74, 6) is 0.275. The van der Waals surface area contributed by atoms with Crippen molar-refractivity contribution in [2.75, 3.05) is 23.8 Å². The van der Waals surface area contributed by atoms with E-state index in [0.717, 1.165) is 0 Å². The number of nitrogen functional groups attached to an aromatic ring is 1. The van der Waals surface area contributed by atoms with E-state index in [0.29, 0.717) is 18.8 Å². The summed E-state index contributed by atoms with van der Waals surface area (Å²) >= 11 is 5.73. The fourth-order valence-corrected chi connectivity index (χ4v) is 1.87. The van der Waals surface area contributed by atoms with Crippen molar-refractivity contribution in [3.8, 4) is 0 Å². The lowest BCUT2D eigenvalue weighted by atomic mass is 10.1. The number of nitrogens with zero attached hydrogens (tertiary/aromatic N) is 3. The van der Waals surface area contributed by atoms with E-state index < -0.39 is 0 Å². The highest BCUT2D eigenvalue weighted by Gasteiger charge is 2.31. The lowest BCUT2D eigenvalue weighted by Crippen LogP contribution is -2.26. The van der Waals surface area contributed by atoms with Crippen molar-refractivity contribution in [1.29, 1.82) is 0 Å². The number of aliphatic hydroxyl groups is 1. The molecule has 2 rings (SSSR count). The predicted molar refractivity (Wildman–Crippen MR) is 59.0 cm³/mol. The molecule has 1 unspecified atom stereocenters. The maximum atomic E-state index is 11.6. The van der Waals surface area contributed by atoms with Crippen LogP contribution in [0.15, 0.2) is 6.07 Å². The molecule has 0 aromatic carbocycles. The van der Waals surface area contributed by atoms with Gasteiger partial charge in [-0.3, -0.25) is 9.69 Å². The van der Waals surface area contributed by atoms with Crippen LogP contribution in [0, 0.1) is 5.92 Å². The first kappa shape index (κ1) is 11.1. The maximum absolute atomic E-state index is 11.6. The summed E-state index contributed by atoms with van der Waals surface area (Å²) in [5, 5.41) is 9.19. The molecule has 0 bridgehead atoms. The number of hydrogen-bond donors (Lipinski definition) is 2. The zero-order chi connectivity index (χ0) is 11.7. The van der Waals surface area contributed by atoms with Crippen LogP contribution in [0.25, 0.3) is 0 Å². The van der Waals surface area contributed by atoms with Crippen molar-refractivity contribution in [3.05, 3.63) is 11.2 Å². The molecule has 3 N–H and O–H groups in total. The first-order valence-corrected chi connectivity index (χ1v) is 5.19. The van der Waals surface area contributed by atoms with Gasteiger partial charge >= 0.3 is 0 Å². The van der Waals surface area contributed by atoms with Crippen LogP contribution in [-0.2, 0) is 4.79 Å². The molecule has 1 aliphatic heterocycles. The van der Waals surface area contributed by atoms with Crippen LogP contribution < -0.4 is 10.6 Å². The predicted octanol–water partition coefficient (Wildman–Crippen LogP) is 0.0574. The van der Waals surface area contributed by atoms with Gasteiger partial charge in [-0.25, -0.2) is 4.98 Å². The van der Waals surface area contributed by atoms with Crippen LogP contribution in [0.1, 0.15) is 6.42 Å². The molecule has 1 fully saturated rings. The van der Waals surface area contributed by atoms with Gasteiger partial charge in [-0.2, -0.15) is 4.98 Å². The molecule has 1 atom stereocenters. The molecule has 7 heteroatoms. The van der Waals surface area contributed by atoms with Gasteiger partial charge in [0, 0.05) is 31.6 Å². The van der Waals surface area contributed by atoms with Crippen molar-refractivity contribution < 1.29 is 9.90 Å². The SMILES string of the molecule is Nc1nc(Cl)cc(N2CC(CO)CC2=O)n1. The number of aromatic nitrogens is 2. The van der Waals surface area contributed by atoms with Crippen molar-refractivity contribution in [3.63, 3.8) is 0 Å². The fraction of sp³-hybridized carbons (Fsp3) is 0.444.